The zero-order chi connectivity index (χ0) is 19.7. The van der Waals surface area contributed by atoms with Crippen molar-refractivity contribution in [2.24, 2.45) is 5.73 Å². The maximum absolute atomic E-state index is 12.0. The van der Waals surface area contributed by atoms with Crippen LogP contribution < -0.4 is 10.5 Å². The molecule has 1 aromatic carbocycles. The maximum Gasteiger partial charge on any atom is 0.262 e. The fourth-order valence-electron chi connectivity index (χ4n) is 3.20. The molecule has 0 radical (unpaired) electrons. The number of nitrogens with zero attached hydrogens (tertiary/aromatic N) is 2. The summed E-state index contributed by atoms with van der Waals surface area (Å²) >= 11 is 1.28. The van der Waals surface area contributed by atoms with E-state index in [0.29, 0.717) is 10.6 Å². The standard InChI is InChI=1S/C21H19N3O3S/c1-13(15-7-3-2-6-14(15)12-25)27-17-10-18(28-20(17)21(22)26)16-11-23-19-8-4-5-9-24(16)19/h2-11,13,25H,12H2,1H3,(H2,22,26)/t13-/m1/s1. The van der Waals surface area contributed by atoms with E-state index in [1.807, 2.05) is 66.1 Å². The Morgan fingerprint density at radius 2 is 2.07 bits per heavy atom. The van der Waals surface area contributed by atoms with Crippen LogP contribution in [0.1, 0.15) is 33.8 Å². The number of primary amides is 1. The van der Waals surface area contributed by atoms with E-state index in [-0.39, 0.29) is 12.7 Å². The molecule has 3 N–H and O–H groups in total. The molecule has 28 heavy (non-hydrogen) atoms. The molecular weight excluding hydrogens is 374 g/mol. The number of benzene rings is 1. The van der Waals surface area contributed by atoms with Crippen LogP contribution in [0.15, 0.2) is 60.9 Å². The number of amides is 1. The van der Waals surface area contributed by atoms with Gasteiger partial charge in [0, 0.05) is 12.3 Å². The maximum atomic E-state index is 12.0. The third kappa shape index (κ3) is 3.26. The number of aliphatic hydroxyl groups is 1. The lowest BCUT2D eigenvalue weighted by Gasteiger charge is -2.17. The molecule has 0 bridgehead atoms. The first-order valence-electron chi connectivity index (χ1n) is 8.80. The number of rotatable bonds is 6. The molecule has 0 spiro atoms. The summed E-state index contributed by atoms with van der Waals surface area (Å²) < 4.78 is 8.04. The number of carbonyl (C=O) groups excluding carboxylic acids is 1. The molecule has 0 aliphatic rings. The molecule has 1 amide bonds. The Morgan fingerprint density at radius 3 is 2.86 bits per heavy atom. The number of ether oxygens (including phenoxy) is 1. The monoisotopic (exact) mass is 393 g/mol. The van der Waals surface area contributed by atoms with E-state index in [4.69, 9.17) is 10.5 Å². The molecule has 4 rings (SSSR count). The summed E-state index contributed by atoms with van der Waals surface area (Å²) in [6, 6.07) is 15.1. The summed E-state index contributed by atoms with van der Waals surface area (Å²) in [6.45, 7) is 1.80. The number of thiophene rings is 1. The number of fused-ring (bicyclic) bond motifs is 1. The summed E-state index contributed by atoms with van der Waals surface area (Å²) in [5.41, 5.74) is 8.92. The number of pyridine rings is 1. The van der Waals surface area contributed by atoms with Gasteiger partial charge in [0.05, 0.1) is 23.4 Å². The minimum Gasteiger partial charge on any atom is -0.484 e. The van der Waals surface area contributed by atoms with Gasteiger partial charge in [-0.05, 0) is 30.2 Å². The number of aromatic nitrogens is 2. The van der Waals surface area contributed by atoms with E-state index in [1.54, 1.807) is 6.20 Å². The van der Waals surface area contributed by atoms with Crippen molar-refractivity contribution in [2.75, 3.05) is 0 Å². The average Bonchev–Trinajstić information content (AvgIpc) is 3.32. The lowest BCUT2D eigenvalue weighted by molar-refractivity contribution is 0.0998. The Kier molecular flexibility index (Phi) is 4.85. The van der Waals surface area contributed by atoms with Gasteiger partial charge in [0.25, 0.3) is 5.91 Å². The van der Waals surface area contributed by atoms with Gasteiger partial charge in [0.1, 0.15) is 22.4 Å². The molecule has 0 unspecified atom stereocenters. The second-order valence-electron chi connectivity index (χ2n) is 6.36. The van der Waals surface area contributed by atoms with E-state index in [9.17, 15) is 9.90 Å². The van der Waals surface area contributed by atoms with Crippen LogP contribution >= 0.6 is 11.3 Å². The fraction of sp³-hybridized carbons (Fsp3) is 0.143. The Labute approximate surface area is 165 Å². The molecule has 0 aliphatic carbocycles. The smallest absolute Gasteiger partial charge is 0.262 e. The van der Waals surface area contributed by atoms with Gasteiger partial charge >= 0.3 is 0 Å². The SMILES string of the molecule is C[C@@H](Oc1cc(-c2cnc3ccccn23)sc1C(N)=O)c1ccccc1CO. The van der Waals surface area contributed by atoms with E-state index in [0.717, 1.165) is 27.3 Å². The van der Waals surface area contributed by atoms with Gasteiger partial charge in [0.2, 0.25) is 0 Å². The average molecular weight is 393 g/mol. The van der Waals surface area contributed by atoms with Crippen LogP contribution in [0, 0.1) is 0 Å². The highest BCUT2D eigenvalue weighted by Crippen LogP contribution is 2.38. The van der Waals surface area contributed by atoms with Crippen molar-refractivity contribution in [3.05, 3.63) is 76.9 Å². The highest BCUT2D eigenvalue weighted by atomic mass is 32.1. The van der Waals surface area contributed by atoms with Crippen molar-refractivity contribution in [1.82, 2.24) is 9.38 Å². The van der Waals surface area contributed by atoms with Gasteiger partial charge in [-0.3, -0.25) is 9.20 Å². The van der Waals surface area contributed by atoms with Gasteiger partial charge < -0.3 is 15.6 Å². The van der Waals surface area contributed by atoms with Crippen molar-refractivity contribution in [2.45, 2.75) is 19.6 Å². The summed E-state index contributed by atoms with van der Waals surface area (Å²) in [4.78, 5) is 17.6. The summed E-state index contributed by atoms with van der Waals surface area (Å²) in [5, 5.41) is 9.57. The zero-order valence-electron chi connectivity index (χ0n) is 15.2. The number of aliphatic hydroxyl groups excluding tert-OH is 1. The van der Waals surface area contributed by atoms with E-state index in [1.165, 1.54) is 11.3 Å². The molecule has 7 heteroatoms. The molecule has 142 valence electrons. The molecular formula is C21H19N3O3S. The number of hydrogen-bond acceptors (Lipinski definition) is 5. The number of imidazole rings is 1. The minimum absolute atomic E-state index is 0.0801. The van der Waals surface area contributed by atoms with Gasteiger partial charge in [-0.15, -0.1) is 11.3 Å². The highest BCUT2D eigenvalue weighted by Gasteiger charge is 2.21. The predicted molar refractivity (Wildman–Crippen MR) is 108 cm³/mol. The molecule has 3 aromatic heterocycles. The Morgan fingerprint density at radius 1 is 1.29 bits per heavy atom. The van der Waals surface area contributed by atoms with Crippen LogP contribution in [0.25, 0.3) is 16.2 Å². The first-order valence-corrected chi connectivity index (χ1v) is 9.61. The molecule has 0 fully saturated rings. The normalized spacial score (nSPS) is 12.2. The third-order valence-corrected chi connectivity index (χ3v) is 5.71. The zero-order valence-corrected chi connectivity index (χ0v) is 16.0. The van der Waals surface area contributed by atoms with Gasteiger partial charge in [0.15, 0.2) is 0 Å². The van der Waals surface area contributed by atoms with E-state index >= 15 is 0 Å². The quantitative estimate of drug-likeness (QED) is 0.521. The van der Waals surface area contributed by atoms with Gasteiger partial charge in [-0.2, -0.15) is 0 Å². The molecule has 0 saturated carbocycles. The summed E-state index contributed by atoms with van der Waals surface area (Å²) in [5.74, 6) is -0.110. The molecule has 1 atom stereocenters. The number of carbonyl (C=O) groups is 1. The second kappa shape index (κ2) is 7.46. The van der Waals surface area contributed by atoms with Crippen molar-refractivity contribution >= 4 is 22.9 Å². The summed E-state index contributed by atoms with van der Waals surface area (Å²) in [6.07, 6.45) is 3.33. The fourth-order valence-corrected chi connectivity index (χ4v) is 4.15. The lowest BCUT2D eigenvalue weighted by atomic mass is 10.0. The van der Waals surface area contributed by atoms with Crippen LogP contribution in [0.5, 0.6) is 5.75 Å². The van der Waals surface area contributed by atoms with Crippen LogP contribution in [0.3, 0.4) is 0 Å². The lowest BCUT2D eigenvalue weighted by Crippen LogP contribution is -2.12. The van der Waals surface area contributed by atoms with Crippen LogP contribution in [-0.2, 0) is 6.61 Å². The molecule has 0 aliphatic heterocycles. The molecule has 3 heterocycles. The van der Waals surface area contributed by atoms with E-state index < -0.39 is 5.91 Å². The summed E-state index contributed by atoms with van der Waals surface area (Å²) in [7, 11) is 0. The third-order valence-electron chi connectivity index (χ3n) is 4.56. The topological polar surface area (TPSA) is 89.9 Å². The minimum atomic E-state index is -0.539. The highest BCUT2D eigenvalue weighted by molar-refractivity contribution is 7.17. The van der Waals surface area contributed by atoms with Crippen LogP contribution in [-0.4, -0.2) is 20.4 Å². The molecule has 6 nitrogen and oxygen atoms in total. The first-order chi connectivity index (χ1) is 13.6. The molecule has 4 aromatic rings. The van der Waals surface area contributed by atoms with Gasteiger partial charge in [-0.1, -0.05) is 30.3 Å². The van der Waals surface area contributed by atoms with Crippen molar-refractivity contribution in [3.63, 3.8) is 0 Å². The Balaban J connectivity index is 1.72. The first kappa shape index (κ1) is 18.2. The van der Waals surface area contributed by atoms with E-state index in [2.05, 4.69) is 4.98 Å². The Bertz CT molecular complexity index is 1150. The second-order valence-corrected chi connectivity index (χ2v) is 7.41. The van der Waals surface area contributed by atoms with Gasteiger partial charge in [-0.25, -0.2) is 4.98 Å². The number of nitrogens with two attached hydrogens (primary N) is 1. The van der Waals surface area contributed by atoms with Crippen molar-refractivity contribution in [1.29, 1.82) is 0 Å². The largest absolute Gasteiger partial charge is 0.484 e. The van der Waals surface area contributed by atoms with Crippen molar-refractivity contribution in [3.8, 4) is 16.3 Å². The van der Waals surface area contributed by atoms with Crippen LogP contribution in [0.4, 0.5) is 0 Å². The predicted octanol–water partition coefficient (Wildman–Crippen LogP) is 3.79. The molecule has 0 saturated heterocycles. The number of hydrogen-bond donors (Lipinski definition) is 2. The Hall–Kier alpha value is -3.16. The van der Waals surface area contributed by atoms with Crippen molar-refractivity contribution < 1.29 is 14.6 Å². The van der Waals surface area contributed by atoms with Crippen LogP contribution in [0.2, 0.25) is 0 Å².